The summed E-state index contributed by atoms with van der Waals surface area (Å²) >= 11 is 0. The molecule has 11 nitrogen and oxygen atoms in total. The summed E-state index contributed by atoms with van der Waals surface area (Å²) in [4.78, 5) is 26.1. The Kier molecular flexibility index (Phi) is 6.21. The molecule has 5 N–H and O–H groups in total. The zero-order valence-electron chi connectivity index (χ0n) is 13.2. The van der Waals surface area contributed by atoms with Crippen molar-refractivity contribution >= 4 is 11.9 Å². The molecule has 25 heavy (non-hydrogen) atoms. The second kappa shape index (κ2) is 8.17. The summed E-state index contributed by atoms with van der Waals surface area (Å²) in [7, 11) is 0. The highest BCUT2D eigenvalue weighted by molar-refractivity contribution is 5.85. The quantitative estimate of drug-likeness (QED) is 0.220. The lowest BCUT2D eigenvalue weighted by Gasteiger charge is -2.39. The minimum absolute atomic E-state index is 0.211. The SMILES string of the molecule is [N-]=[N+]=N[C@H]1C=C(C(=O)O)O[C@@H]([C@H](O)[C@H](O)CO)[C@@H]1NC(=O)C1CCC1. The summed E-state index contributed by atoms with van der Waals surface area (Å²) in [5.41, 5.74) is 8.72. The van der Waals surface area contributed by atoms with Crippen molar-refractivity contribution in [2.45, 2.75) is 49.7 Å². The maximum atomic E-state index is 12.2. The van der Waals surface area contributed by atoms with Crippen LogP contribution in [0.4, 0.5) is 0 Å². The largest absolute Gasteiger partial charge is 0.478 e. The average Bonchev–Trinajstić information content (AvgIpc) is 2.53. The molecule has 0 radical (unpaired) electrons. The second-order valence-electron chi connectivity index (χ2n) is 6.02. The summed E-state index contributed by atoms with van der Waals surface area (Å²) in [6.45, 7) is -0.803. The van der Waals surface area contributed by atoms with E-state index in [0.717, 1.165) is 12.5 Å². The number of carboxylic acids is 1. The zero-order chi connectivity index (χ0) is 18.6. The van der Waals surface area contributed by atoms with Gasteiger partial charge < -0.3 is 30.5 Å². The van der Waals surface area contributed by atoms with E-state index in [4.69, 9.17) is 20.5 Å². The molecule has 138 valence electrons. The zero-order valence-corrected chi connectivity index (χ0v) is 13.2. The number of carboxylic acid groups (broad SMARTS) is 1. The smallest absolute Gasteiger partial charge is 0.370 e. The third-order valence-electron chi connectivity index (χ3n) is 4.41. The van der Waals surface area contributed by atoms with Crippen molar-refractivity contribution in [1.29, 1.82) is 0 Å². The van der Waals surface area contributed by atoms with E-state index in [1.165, 1.54) is 0 Å². The van der Waals surface area contributed by atoms with Crippen LogP contribution in [0.15, 0.2) is 16.9 Å². The molecule has 5 atom stereocenters. The fraction of sp³-hybridized carbons (Fsp3) is 0.714. The van der Waals surface area contributed by atoms with Crippen molar-refractivity contribution in [1.82, 2.24) is 5.32 Å². The maximum absolute atomic E-state index is 12.2. The molecular weight excluding hydrogens is 336 g/mol. The first-order valence-electron chi connectivity index (χ1n) is 7.82. The van der Waals surface area contributed by atoms with E-state index in [-0.39, 0.29) is 11.8 Å². The number of amides is 1. The normalized spacial score (nSPS) is 28.4. The van der Waals surface area contributed by atoms with Crippen LogP contribution in [0.25, 0.3) is 10.4 Å². The number of aliphatic carboxylic acids is 1. The first-order chi connectivity index (χ1) is 11.9. The molecule has 1 saturated carbocycles. The van der Waals surface area contributed by atoms with Gasteiger partial charge in [0.15, 0.2) is 0 Å². The van der Waals surface area contributed by atoms with Gasteiger partial charge in [0.05, 0.1) is 18.7 Å². The number of aliphatic hydroxyl groups is 3. The van der Waals surface area contributed by atoms with Crippen LogP contribution in [-0.4, -0.2) is 69.3 Å². The lowest BCUT2D eigenvalue weighted by atomic mass is 9.84. The van der Waals surface area contributed by atoms with E-state index in [1.54, 1.807) is 0 Å². The lowest BCUT2D eigenvalue weighted by molar-refractivity contribution is -0.146. The van der Waals surface area contributed by atoms with Crippen molar-refractivity contribution in [3.63, 3.8) is 0 Å². The number of azide groups is 1. The van der Waals surface area contributed by atoms with Crippen LogP contribution in [0.1, 0.15) is 19.3 Å². The highest BCUT2D eigenvalue weighted by Gasteiger charge is 2.44. The van der Waals surface area contributed by atoms with Crippen molar-refractivity contribution in [3.05, 3.63) is 22.3 Å². The van der Waals surface area contributed by atoms with E-state index in [2.05, 4.69) is 15.3 Å². The standard InChI is InChI=1S/C14H20N4O7/c15-18-17-7-4-9(14(23)24)25-12(11(21)8(20)5-19)10(7)16-13(22)6-2-1-3-6/h4,6-8,10-12,19-21H,1-3,5H2,(H,16,22)(H,23,24)/t7-,8+,10+,11+,12+/m0/s1. The fourth-order valence-electron chi connectivity index (χ4n) is 2.73. The Balaban J connectivity index is 2.32. The molecule has 1 aliphatic heterocycles. The Bertz CT molecular complexity index is 600. The van der Waals surface area contributed by atoms with Gasteiger partial charge in [-0.15, -0.1) is 0 Å². The van der Waals surface area contributed by atoms with Gasteiger partial charge in [-0.3, -0.25) is 4.79 Å². The molecular formula is C14H20N4O7. The molecule has 1 fully saturated rings. The van der Waals surface area contributed by atoms with Gasteiger partial charge in [0.1, 0.15) is 18.3 Å². The number of ether oxygens (including phenoxy) is 1. The Morgan fingerprint density at radius 1 is 1.44 bits per heavy atom. The van der Waals surface area contributed by atoms with Gasteiger partial charge in [0.25, 0.3) is 0 Å². The highest BCUT2D eigenvalue weighted by Crippen LogP contribution is 2.29. The Morgan fingerprint density at radius 3 is 2.60 bits per heavy atom. The molecule has 0 bridgehead atoms. The summed E-state index contributed by atoms with van der Waals surface area (Å²) in [6, 6.07) is -2.23. The lowest BCUT2D eigenvalue weighted by Crippen LogP contribution is -2.60. The highest BCUT2D eigenvalue weighted by atomic mass is 16.5. The summed E-state index contributed by atoms with van der Waals surface area (Å²) in [5, 5.41) is 44.1. The Morgan fingerprint density at radius 2 is 2.12 bits per heavy atom. The number of aliphatic hydroxyl groups excluding tert-OH is 3. The first kappa shape index (κ1) is 19.0. The van der Waals surface area contributed by atoms with E-state index in [1.807, 2.05) is 0 Å². The van der Waals surface area contributed by atoms with Crippen LogP contribution in [0.3, 0.4) is 0 Å². The predicted octanol–water partition coefficient (Wildman–Crippen LogP) is -0.968. The maximum Gasteiger partial charge on any atom is 0.370 e. The fourth-order valence-corrected chi connectivity index (χ4v) is 2.73. The second-order valence-corrected chi connectivity index (χ2v) is 6.02. The third kappa shape index (κ3) is 4.20. The molecule has 0 aromatic heterocycles. The van der Waals surface area contributed by atoms with Crippen LogP contribution in [-0.2, 0) is 14.3 Å². The number of carbonyl (C=O) groups is 2. The number of rotatable bonds is 7. The van der Waals surface area contributed by atoms with E-state index < -0.39 is 48.7 Å². The van der Waals surface area contributed by atoms with Crippen LogP contribution in [0.5, 0.6) is 0 Å². The van der Waals surface area contributed by atoms with Gasteiger partial charge in [-0.05, 0) is 24.4 Å². The van der Waals surface area contributed by atoms with E-state index in [0.29, 0.717) is 12.8 Å². The van der Waals surface area contributed by atoms with Crippen LogP contribution >= 0.6 is 0 Å². The molecule has 0 aromatic carbocycles. The molecule has 0 aromatic rings. The van der Waals surface area contributed by atoms with Gasteiger partial charge in [-0.1, -0.05) is 11.5 Å². The molecule has 0 spiro atoms. The van der Waals surface area contributed by atoms with Gasteiger partial charge in [0.2, 0.25) is 11.7 Å². The monoisotopic (exact) mass is 356 g/mol. The van der Waals surface area contributed by atoms with Crippen LogP contribution in [0, 0.1) is 5.92 Å². The average molecular weight is 356 g/mol. The number of carbonyl (C=O) groups excluding carboxylic acids is 1. The Labute approximate surface area is 142 Å². The minimum Gasteiger partial charge on any atom is -0.478 e. The van der Waals surface area contributed by atoms with E-state index in [9.17, 15) is 19.8 Å². The summed E-state index contributed by atoms with van der Waals surface area (Å²) in [6.07, 6.45) is -1.41. The number of nitrogens with zero attached hydrogens (tertiary/aromatic N) is 3. The van der Waals surface area contributed by atoms with Crippen molar-refractivity contribution in [3.8, 4) is 0 Å². The number of nitrogens with one attached hydrogen (secondary N) is 1. The molecule has 1 amide bonds. The van der Waals surface area contributed by atoms with Gasteiger partial charge >= 0.3 is 5.97 Å². The topological polar surface area (TPSA) is 185 Å². The van der Waals surface area contributed by atoms with E-state index >= 15 is 0 Å². The van der Waals surface area contributed by atoms with Crippen LogP contribution < -0.4 is 5.32 Å². The summed E-state index contributed by atoms with van der Waals surface area (Å²) in [5.74, 6) is -2.59. The van der Waals surface area contributed by atoms with Crippen molar-refractivity contribution in [2.75, 3.05) is 6.61 Å². The number of hydrogen-bond acceptors (Lipinski definition) is 7. The van der Waals surface area contributed by atoms with Gasteiger partial charge in [0, 0.05) is 10.8 Å². The molecule has 0 unspecified atom stereocenters. The summed E-state index contributed by atoms with van der Waals surface area (Å²) < 4.78 is 5.20. The Hall–Kier alpha value is -2.33. The molecule has 0 saturated heterocycles. The van der Waals surface area contributed by atoms with Crippen molar-refractivity contribution < 1.29 is 34.8 Å². The molecule has 11 heteroatoms. The third-order valence-corrected chi connectivity index (χ3v) is 4.41. The van der Waals surface area contributed by atoms with Crippen LogP contribution in [0.2, 0.25) is 0 Å². The molecule has 1 aliphatic carbocycles. The molecule has 2 aliphatic rings. The molecule has 1 heterocycles. The predicted molar refractivity (Wildman–Crippen MR) is 81.9 cm³/mol. The molecule has 2 rings (SSSR count). The van der Waals surface area contributed by atoms with Gasteiger partial charge in [-0.25, -0.2) is 4.79 Å². The minimum atomic E-state index is -1.71. The number of hydrogen-bond donors (Lipinski definition) is 5. The van der Waals surface area contributed by atoms with Gasteiger partial charge in [-0.2, -0.15) is 0 Å². The van der Waals surface area contributed by atoms with Crippen molar-refractivity contribution in [2.24, 2.45) is 11.0 Å². The first-order valence-corrected chi connectivity index (χ1v) is 7.82.